The Kier molecular flexibility index (Phi) is 4.52. The van der Waals surface area contributed by atoms with Gasteiger partial charge in [0.05, 0.1) is 12.1 Å². The van der Waals surface area contributed by atoms with Crippen LogP contribution in [0.3, 0.4) is 0 Å². The maximum absolute atomic E-state index is 11.9. The first kappa shape index (κ1) is 16.1. The van der Waals surface area contributed by atoms with Crippen LogP contribution in [-0.2, 0) is 9.59 Å². The van der Waals surface area contributed by atoms with E-state index >= 15 is 0 Å². The molecule has 4 N–H and O–H groups in total. The monoisotopic (exact) mass is 392 g/mol. The number of amides is 3. The molecule has 1 aromatic heterocycles. The summed E-state index contributed by atoms with van der Waals surface area (Å²) in [6.07, 6.45) is 0.403. The lowest BCUT2D eigenvalue weighted by molar-refractivity contribution is -0.130. The Hall–Kier alpha value is -2.81. The Bertz CT molecular complexity index is 804. The van der Waals surface area contributed by atoms with E-state index in [4.69, 9.17) is 4.74 Å². The van der Waals surface area contributed by atoms with Gasteiger partial charge in [0.2, 0.25) is 5.91 Å². The summed E-state index contributed by atoms with van der Waals surface area (Å²) in [5, 5.41) is 2.67. The molecule has 0 bridgehead atoms. The number of carbonyl (C=O) groups is 3. The number of hydrogen-bond donors (Lipinski definition) is 4. The fourth-order valence-corrected chi connectivity index (χ4v) is 2.48. The molecule has 0 saturated carbocycles. The molecular formula is C15H13BrN4O4. The van der Waals surface area contributed by atoms with E-state index in [1.807, 2.05) is 0 Å². The number of para-hydroxylation sites is 2. The van der Waals surface area contributed by atoms with Gasteiger partial charge in [-0.1, -0.05) is 12.1 Å². The van der Waals surface area contributed by atoms with Crippen molar-refractivity contribution in [1.82, 2.24) is 15.8 Å². The van der Waals surface area contributed by atoms with Crippen molar-refractivity contribution in [2.24, 2.45) is 0 Å². The van der Waals surface area contributed by atoms with Crippen molar-refractivity contribution in [2.45, 2.75) is 12.5 Å². The summed E-state index contributed by atoms with van der Waals surface area (Å²) < 4.78 is 6.22. The number of carbonyl (C=O) groups excluding carboxylic acids is 3. The van der Waals surface area contributed by atoms with Gasteiger partial charge in [0.25, 0.3) is 11.8 Å². The van der Waals surface area contributed by atoms with E-state index in [1.54, 1.807) is 36.5 Å². The Morgan fingerprint density at radius 3 is 2.79 bits per heavy atom. The van der Waals surface area contributed by atoms with Crippen LogP contribution in [0.4, 0.5) is 5.69 Å². The Morgan fingerprint density at radius 2 is 2.04 bits per heavy atom. The predicted octanol–water partition coefficient (Wildman–Crippen LogP) is 1.33. The van der Waals surface area contributed by atoms with E-state index in [0.717, 1.165) is 0 Å². The second-order valence-electron chi connectivity index (χ2n) is 5.03. The van der Waals surface area contributed by atoms with Crippen LogP contribution in [0.2, 0.25) is 0 Å². The van der Waals surface area contributed by atoms with Crippen molar-refractivity contribution in [3.05, 3.63) is 46.7 Å². The Balaban J connectivity index is 1.54. The molecule has 0 saturated heterocycles. The van der Waals surface area contributed by atoms with Crippen LogP contribution in [0.5, 0.6) is 5.75 Å². The van der Waals surface area contributed by atoms with Gasteiger partial charge in [-0.3, -0.25) is 25.2 Å². The number of hydrazine groups is 1. The number of rotatable bonds is 3. The highest BCUT2D eigenvalue weighted by atomic mass is 79.9. The number of H-pyrrole nitrogens is 1. The largest absolute Gasteiger partial charge is 0.478 e. The minimum atomic E-state index is -0.962. The lowest BCUT2D eigenvalue weighted by atomic mass is 10.1. The van der Waals surface area contributed by atoms with Gasteiger partial charge in [-0.2, -0.15) is 0 Å². The summed E-state index contributed by atoms with van der Waals surface area (Å²) in [6, 6.07) is 8.51. The number of anilines is 1. The molecule has 1 atom stereocenters. The van der Waals surface area contributed by atoms with Crippen molar-refractivity contribution in [2.75, 3.05) is 5.32 Å². The smallest absolute Gasteiger partial charge is 0.286 e. The summed E-state index contributed by atoms with van der Waals surface area (Å²) in [6.45, 7) is 0. The van der Waals surface area contributed by atoms with Crippen LogP contribution in [0, 0.1) is 0 Å². The van der Waals surface area contributed by atoms with Crippen LogP contribution in [-0.4, -0.2) is 28.8 Å². The van der Waals surface area contributed by atoms with Crippen molar-refractivity contribution in [3.63, 3.8) is 0 Å². The van der Waals surface area contributed by atoms with Crippen LogP contribution in [0.25, 0.3) is 0 Å². The number of halogens is 1. The molecule has 1 aliphatic heterocycles. The van der Waals surface area contributed by atoms with Gasteiger partial charge in [-0.05, 0) is 34.1 Å². The second kappa shape index (κ2) is 6.75. The van der Waals surface area contributed by atoms with Gasteiger partial charge >= 0.3 is 0 Å². The molecule has 2 aromatic rings. The molecule has 1 aliphatic rings. The summed E-state index contributed by atoms with van der Waals surface area (Å²) in [7, 11) is 0. The second-order valence-corrected chi connectivity index (χ2v) is 5.95. The molecule has 0 fully saturated rings. The first-order chi connectivity index (χ1) is 11.5. The van der Waals surface area contributed by atoms with Gasteiger partial charge in [0, 0.05) is 10.7 Å². The third kappa shape index (κ3) is 3.57. The van der Waals surface area contributed by atoms with Gasteiger partial charge in [0.1, 0.15) is 11.4 Å². The van der Waals surface area contributed by atoms with E-state index in [-0.39, 0.29) is 12.1 Å². The minimum Gasteiger partial charge on any atom is -0.478 e. The molecule has 1 aromatic carbocycles. The highest BCUT2D eigenvalue weighted by Crippen LogP contribution is 2.29. The van der Waals surface area contributed by atoms with Crippen molar-refractivity contribution < 1.29 is 19.1 Å². The van der Waals surface area contributed by atoms with Gasteiger partial charge in [-0.25, -0.2) is 0 Å². The molecule has 0 unspecified atom stereocenters. The number of aromatic amines is 1. The normalized spacial score (nSPS) is 15.7. The van der Waals surface area contributed by atoms with Crippen molar-refractivity contribution in [3.8, 4) is 5.75 Å². The van der Waals surface area contributed by atoms with Crippen LogP contribution in [0.15, 0.2) is 41.0 Å². The average Bonchev–Trinajstić information content (AvgIpc) is 3.00. The first-order valence-electron chi connectivity index (χ1n) is 7.02. The average molecular weight is 393 g/mol. The number of ether oxygens (including phenoxy) is 1. The topological polar surface area (TPSA) is 112 Å². The summed E-state index contributed by atoms with van der Waals surface area (Å²) in [4.78, 5) is 38.4. The first-order valence-corrected chi connectivity index (χ1v) is 7.82. The number of nitrogens with one attached hydrogen (secondary N) is 4. The lowest BCUT2D eigenvalue weighted by Crippen LogP contribution is -2.46. The van der Waals surface area contributed by atoms with E-state index < -0.39 is 23.8 Å². The third-order valence-electron chi connectivity index (χ3n) is 3.29. The zero-order chi connectivity index (χ0) is 17.1. The molecular weight excluding hydrogens is 380 g/mol. The maximum atomic E-state index is 11.9. The molecule has 0 aliphatic carbocycles. The summed E-state index contributed by atoms with van der Waals surface area (Å²) >= 11 is 3.21. The van der Waals surface area contributed by atoms with Crippen molar-refractivity contribution >= 4 is 39.3 Å². The van der Waals surface area contributed by atoms with Crippen LogP contribution >= 0.6 is 15.9 Å². The standard InChI is InChI=1S/C15H13BrN4O4/c16-8-5-10(17-7-8)14(22)20-19-13(21)6-12-15(23)18-9-3-1-2-4-11(9)24-12/h1-5,7,12,17H,6H2,(H,18,23)(H,19,21)(H,20,22)/t12-/m0/s1. The number of aromatic nitrogens is 1. The zero-order valence-corrected chi connectivity index (χ0v) is 13.8. The predicted molar refractivity (Wildman–Crippen MR) is 88.2 cm³/mol. The summed E-state index contributed by atoms with van der Waals surface area (Å²) in [5.41, 5.74) is 5.35. The highest BCUT2D eigenvalue weighted by molar-refractivity contribution is 9.10. The van der Waals surface area contributed by atoms with Crippen LogP contribution in [0.1, 0.15) is 16.9 Å². The molecule has 24 heavy (non-hydrogen) atoms. The molecule has 0 radical (unpaired) electrons. The zero-order valence-electron chi connectivity index (χ0n) is 12.3. The number of hydrogen-bond acceptors (Lipinski definition) is 4. The van der Waals surface area contributed by atoms with Crippen LogP contribution < -0.4 is 20.9 Å². The van der Waals surface area contributed by atoms with Crippen molar-refractivity contribution in [1.29, 1.82) is 0 Å². The third-order valence-corrected chi connectivity index (χ3v) is 3.74. The Morgan fingerprint density at radius 1 is 1.25 bits per heavy atom. The van der Waals surface area contributed by atoms with Gasteiger partial charge < -0.3 is 15.0 Å². The molecule has 124 valence electrons. The Labute approximate surface area is 145 Å². The highest BCUT2D eigenvalue weighted by Gasteiger charge is 2.29. The maximum Gasteiger partial charge on any atom is 0.286 e. The number of fused-ring (bicyclic) bond motifs is 1. The molecule has 0 spiro atoms. The molecule has 8 nitrogen and oxygen atoms in total. The SMILES string of the molecule is O=C(C[C@@H]1Oc2ccccc2NC1=O)NNC(=O)c1cc(Br)c[nH]1. The molecule has 9 heteroatoms. The molecule has 3 amide bonds. The van der Waals surface area contributed by atoms with E-state index in [2.05, 4.69) is 37.1 Å². The lowest BCUT2D eigenvalue weighted by Gasteiger charge is -2.25. The fraction of sp³-hybridized carbons (Fsp3) is 0.133. The quantitative estimate of drug-likeness (QED) is 0.590. The van der Waals surface area contributed by atoms with Gasteiger partial charge in [0.15, 0.2) is 6.10 Å². The number of benzene rings is 1. The fourth-order valence-electron chi connectivity index (χ4n) is 2.14. The van der Waals surface area contributed by atoms with E-state index in [1.165, 1.54) is 0 Å². The van der Waals surface area contributed by atoms with Gasteiger partial charge in [-0.15, -0.1) is 0 Å². The molecule has 2 heterocycles. The molecule has 3 rings (SSSR count). The van der Waals surface area contributed by atoms with E-state index in [0.29, 0.717) is 15.9 Å². The minimum absolute atomic E-state index is 0.227. The van der Waals surface area contributed by atoms with E-state index in [9.17, 15) is 14.4 Å². The summed E-state index contributed by atoms with van der Waals surface area (Å²) in [5.74, 6) is -0.972.